The second kappa shape index (κ2) is 12.1. The summed E-state index contributed by atoms with van der Waals surface area (Å²) in [6.07, 6.45) is 11.1. The molecule has 0 aromatic heterocycles. The van der Waals surface area contributed by atoms with E-state index in [0.29, 0.717) is 36.3 Å². The van der Waals surface area contributed by atoms with E-state index >= 15 is 0 Å². The fourth-order valence-electron chi connectivity index (χ4n) is 7.57. The Balaban J connectivity index is 1.54. The van der Waals surface area contributed by atoms with E-state index in [0.717, 1.165) is 24.8 Å². The Hall–Kier alpha value is -1.81. The van der Waals surface area contributed by atoms with E-state index in [4.69, 9.17) is 23.7 Å². The number of allylic oxidation sites excluding steroid dienone is 2. The van der Waals surface area contributed by atoms with E-state index < -0.39 is 41.6 Å². The molecule has 4 aliphatic heterocycles. The third-order valence-corrected chi connectivity index (χ3v) is 9.99. The predicted octanol–water partition coefficient (Wildman–Crippen LogP) is 4.55. The fourth-order valence-corrected chi connectivity index (χ4v) is 7.57. The van der Waals surface area contributed by atoms with Crippen molar-refractivity contribution in [2.45, 2.75) is 121 Å². The van der Waals surface area contributed by atoms with Crippen molar-refractivity contribution in [3.05, 3.63) is 47.1 Å². The lowest BCUT2D eigenvalue weighted by atomic mass is 9.71. The lowest BCUT2D eigenvalue weighted by Gasteiger charge is -2.50. The Morgan fingerprint density at radius 1 is 1.15 bits per heavy atom. The maximum absolute atomic E-state index is 13.9. The molecule has 8 nitrogen and oxygen atoms in total. The van der Waals surface area contributed by atoms with E-state index in [1.807, 2.05) is 12.2 Å². The number of hydrogen-bond donors (Lipinski definition) is 2. The zero-order valence-corrected chi connectivity index (χ0v) is 25.4. The van der Waals surface area contributed by atoms with Crippen molar-refractivity contribution in [2.75, 3.05) is 13.7 Å². The topological polar surface area (TPSA) is 104 Å². The minimum Gasteiger partial charge on any atom is -0.462 e. The van der Waals surface area contributed by atoms with Gasteiger partial charge in [0.2, 0.25) is 0 Å². The first kappa shape index (κ1) is 30.6. The highest BCUT2D eigenvalue weighted by molar-refractivity contribution is 5.78. The molecule has 0 radical (unpaired) electrons. The molecule has 1 aliphatic carbocycles. The van der Waals surface area contributed by atoms with Crippen molar-refractivity contribution in [3.8, 4) is 0 Å². The van der Waals surface area contributed by atoms with Gasteiger partial charge in [0.25, 0.3) is 0 Å². The molecule has 5 aliphatic rings. The van der Waals surface area contributed by atoms with E-state index in [-0.39, 0.29) is 30.8 Å². The van der Waals surface area contributed by atoms with Crippen LogP contribution >= 0.6 is 0 Å². The number of rotatable bonds is 2. The van der Waals surface area contributed by atoms with Gasteiger partial charge in [0.1, 0.15) is 29.8 Å². The zero-order valence-electron chi connectivity index (χ0n) is 25.4. The average Bonchev–Trinajstić information content (AvgIpc) is 3.27. The van der Waals surface area contributed by atoms with Crippen LogP contribution in [0.4, 0.5) is 0 Å². The van der Waals surface area contributed by atoms with Gasteiger partial charge in [0.15, 0.2) is 5.79 Å². The number of aliphatic hydroxyl groups is 2. The summed E-state index contributed by atoms with van der Waals surface area (Å²) in [5, 5.41) is 23.0. The van der Waals surface area contributed by atoms with E-state index in [9.17, 15) is 15.0 Å². The number of carbonyl (C=O) groups is 1. The molecule has 2 N–H and O–H groups in total. The summed E-state index contributed by atoms with van der Waals surface area (Å²) in [5.74, 6) is -1.87. The third kappa shape index (κ3) is 5.76. The Bertz CT molecular complexity index is 1110. The van der Waals surface area contributed by atoms with Crippen LogP contribution < -0.4 is 0 Å². The maximum Gasteiger partial charge on any atom is 0.316 e. The predicted molar refractivity (Wildman–Crippen MR) is 154 cm³/mol. The standard InChI is InChI=1S/C33H48O8/c1-7-27-19(2)13-14-32(41-27)17-25-16-24(40-32)12-11-21(4)29(37-6)20(3)9-8-10-23-18-38-30-28(34)22(5)15-26(31(35)39-25)33(23,30)36/h8-11,15,19-20,24-30,34,36H,7,12-14,16-18H2,1-6H3/b9-8+,21-11+,23-10+/t19-,20-,24+,25-,26-,27+,28+,29+,30+,32+,33+/m0/s1. The first-order chi connectivity index (χ1) is 19.5. The molecule has 0 aromatic rings. The number of fused-ring (bicyclic) bond motifs is 2. The molecule has 41 heavy (non-hydrogen) atoms. The monoisotopic (exact) mass is 572 g/mol. The summed E-state index contributed by atoms with van der Waals surface area (Å²) in [5.41, 5.74) is 0.510. The first-order valence-electron chi connectivity index (χ1n) is 15.3. The van der Waals surface area contributed by atoms with E-state index in [2.05, 4.69) is 33.8 Å². The number of aliphatic hydroxyl groups excluding tert-OH is 1. The molecule has 4 heterocycles. The quantitative estimate of drug-likeness (QED) is 0.367. The molecule has 228 valence electrons. The van der Waals surface area contributed by atoms with Crippen LogP contribution in [-0.4, -0.2) is 77.9 Å². The molecule has 2 bridgehead atoms. The highest BCUT2D eigenvalue weighted by Gasteiger charge is 2.60. The van der Waals surface area contributed by atoms with Crippen LogP contribution in [0, 0.1) is 17.8 Å². The third-order valence-electron chi connectivity index (χ3n) is 9.99. The number of ether oxygens (including phenoxy) is 5. The van der Waals surface area contributed by atoms with Crippen LogP contribution in [0.2, 0.25) is 0 Å². The van der Waals surface area contributed by atoms with Gasteiger partial charge in [-0.2, -0.15) is 0 Å². The molecule has 1 spiro atoms. The Kier molecular flexibility index (Phi) is 9.01. The van der Waals surface area contributed by atoms with Gasteiger partial charge in [-0.25, -0.2) is 0 Å². The molecule has 11 atom stereocenters. The van der Waals surface area contributed by atoms with Crippen LogP contribution in [0.3, 0.4) is 0 Å². The molecule has 5 rings (SSSR count). The number of methoxy groups -OCH3 is 1. The van der Waals surface area contributed by atoms with E-state index in [1.165, 1.54) is 0 Å². The molecule has 8 heteroatoms. The molecular formula is C33H48O8. The second-order valence-corrected chi connectivity index (χ2v) is 12.9. The van der Waals surface area contributed by atoms with Crippen molar-refractivity contribution < 1.29 is 38.7 Å². The van der Waals surface area contributed by atoms with Crippen molar-refractivity contribution in [3.63, 3.8) is 0 Å². The van der Waals surface area contributed by atoms with Crippen LogP contribution in [-0.2, 0) is 28.5 Å². The highest BCUT2D eigenvalue weighted by Crippen LogP contribution is 2.47. The largest absolute Gasteiger partial charge is 0.462 e. The van der Waals surface area contributed by atoms with Gasteiger partial charge < -0.3 is 33.9 Å². The van der Waals surface area contributed by atoms with Crippen LogP contribution in [0.25, 0.3) is 0 Å². The second-order valence-electron chi connectivity index (χ2n) is 12.9. The number of carbonyl (C=O) groups excluding carboxylic acids is 1. The van der Waals surface area contributed by atoms with Gasteiger partial charge in [-0.1, -0.05) is 51.2 Å². The summed E-state index contributed by atoms with van der Waals surface area (Å²) < 4.78 is 31.4. The average molecular weight is 573 g/mol. The minimum atomic E-state index is -1.72. The van der Waals surface area contributed by atoms with Crippen molar-refractivity contribution in [1.82, 2.24) is 0 Å². The van der Waals surface area contributed by atoms with Crippen molar-refractivity contribution >= 4 is 5.97 Å². The molecule has 0 amide bonds. The molecule has 3 saturated heterocycles. The molecule has 3 fully saturated rings. The lowest BCUT2D eigenvalue weighted by molar-refractivity contribution is -0.335. The van der Waals surface area contributed by atoms with Gasteiger partial charge in [0, 0.05) is 32.3 Å². The van der Waals surface area contributed by atoms with Gasteiger partial charge >= 0.3 is 5.97 Å². The molecule has 0 unspecified atom stereocenters. The Morgan fingerprint density at radius 3 is 2.66 bits per heavy atom. The van der Waals surface area contributed by atoms with Gasteiger partial charge in [0.05, 0.1) is 24.9 Å². The lowest BCUT2D eigenvalue weighted by Crippen LogP contribution is -2.58. The molecule has 0 saturated carbocycles. The number of esters is 1. The van der Waals surface area contributed by atoms with Gasteiger partial charge in [-0.05, 0) is 55.7 Å². The summed E-state index contributed by atoms with van der Waals surface area (Å²) in [6, 6.07) is 0. The summed E-state index contributed by atoms with van der Waals surface area (Å²) in [6.45, 7) is 10.4. The maximum atomic E-state index is 13.9. The zero-order chi connectivity index (χ0) is 29.5. The van der Waals surface area contributed by atoms with Gasteiger partial charge in [-0.15, -0.1) is 0 Å². The Morgan fingerprint density at radius 2 is 1.93 bits per heavy atom. The van der Waals surface area contributed by atoms with E-state index in [1.54, 1.807) is 26.2 Å². The fraction of sp³-hybridized carbons (Fsp3) is 0.727. The number of hydrogen-bond acceptors (Lipinski definition) is 8. The summed E-state index contributed by atoms with van der Waals surface area (Å²) >= 11 is 0. The van der Waals surface area contributed by atoms with Gasteiger partial charge in [-0.3, -0.25) is 4.79 Å². The van der Waals surface area contributed by atoms with Crippen LogP contribution in [0.5, 0.6) is 0 Å². The van der Waals surface area contributed by atoms with Crippen molar-refractivity contribution in [2.24, 2.45) is 17.8 Å². The molecular weight excluding hydrogens is 524 g/mol. The van der Waals surface area contributed by atoms with Crippen molar-refractivity contribution in [1.29, 1.82) is 0 Å². The Labute approximate surface area is 244 Å². The minimum absolute atomic E-state index is 0.0495. The highest BCUT2D eigenvalue weighted by atomic mass is 16.7. The smallest absolute Gasteiger partial charge is 0.316 e. The van der Waals surface area contributed by atoms with Crippen LogP contribution in [0.1, 0.15) is 73.1 Å². The first-order valence-corrected chi connectivity index (χ1v) is 15.3. The SMILES string of the molecule is CC[C@H]1O[C@]2(CC[C@@H]1C)C[C@@H]1C[C@@H](C/C=C(\C)[C@H](OC)[C@@H](C)/C=C/C=C3\CO[C@@H]4[C@H](O)C(C)=C[C@@H](C(=O)O1)[C@]34O)O2. The molecule has 0 aromatic carbocycles. The van der Waals surface area contributed by atoms with Crippen LogP contribution in [0.15, 0.2) is 47.1 Å². The summed E-state index contributed by atoms with van der Waals surface area (Å²) in [7, 11) is 1.72. The normalized spacial score (nSPS) is 48.7. The summed E-state index contributed by atoms with van der Waals surface area (Å²) in [4.78, 5) is 13.9.